The van der Waals surface area contributed by atoms with Crippen molar-refractivity contribution in [1.82, 2.24) is 19.5 Å². The minimum atomic E-state index is -4.18. The van der Waals surface area contributed by atoms with E-state index < -0.39 is 13.9 Å². The number of hydrogen-bond acceptors (Lipinski definition) is 6. The minimum Gasteiger partial charge on any atom is -0.382 e. The molecule has 4 N–H and O–H groups in total. The molecule has 1 atom stereocenters. The smallest absolute Gasteiger partial charge is 0.350 e. The second-order valence-corrected chi connectivity index (χ2v) is 6.65. The Morgan fingerprint density at radius 1 is 1.38 bits per heavy atom. The van der Waals surface area contributed by atoms with Crippen LogP contribution in [0.4, 0.5) is 5.82 Å². The molecule has 0 saturated heterocycles. The van der Waals surface area contributed by atoms with Crippen LogP contribution < -0.4 is 5.73 Å². The lowest BCUT2D eigenvalue weighted by Gasteiger charge is -2.22. The first kappa shape index (κ1) is 15.8. The molecule has 0 fully saturated rings. The monoisotopic (exact) mass is 315 g/mol. The first-order valence-corrected chi connectivity index (χ1v) is 8.14. The van der Waals surface area contributed by atoms with Crippen LogP contribution in [-0.2, 0) is 9.30 Å². The summed E-state index contributed by atoms with van der Waals surface area (Å²) in [4.78, 5) is 29.9. The van der Waals surface area contributed by atoms with Crippen LogP contribution in [0.25, 0.3) is 11.2 Å². The summed E-state index contributed by atoms with van der Waals surface area (Å²) in [7, 11) is -4.18. The van der Waals surface area contributed by atoms with E-state index in [1.54, 1.807) is 10.9 Å². The van der Waals surface area contributed by atoms with E-state index in [4.69, 9.17) is 20.3 Å². The number of nitrogens with zero attached hydrogens (tertiary/aromatic N) is 4. The van der Waals surface area contributed by atoms with Crippen LogP contribution in [0.1, 0.15) is 19.9 Å². The Morgan fingerprint density at radius 3 is 2.71 bits per heavy atom. The Hall–Kier alpha value is -1.54. The van der Waals surface area contributed by atoms with Crippen LogP contribution in [0.3, 0.4) is 0 Å². The van der Waals surface area contributed by atoms with E-state index in [2.05, 4.69) is 15.0 Å². The van der Waals surface area contributed by atoms with Crippen LogP contribution in [0.5, 0.6) is 0 Å². The number of nitrogen functional groups attached to an aromatic ring is 1. The maximum Gasteiger partial charge on any atom is 0.350 e. The second-order valence-electron chi connectivity index (χ2n) is 5.06. The molecule has 2 aromatic rings. The van der Waals surface area contributed by atoms with Crippen molar-refractivity contribution >= 4 is 24.6 Å². The van der Waals surface area contributed by atoms with E-state index in [1.165, 1.54) is 6.33 Å². The molecule has 21 heavy (non-hydrogen) atoms. The number of fused-ring (bicyclic) bond motifs is 1. The summed E-state index contributed by atoms with van der Waals surface area (Å²) >= 11 is 0. The minimum absolute atomic E-state index is 0.137. The van der Waals surface area contributed by atoms with E-state index in [-0.39, 0.29) is 24.4 Å². The maximum absolute atomic E-state index is 10.8. The Bertz CT molecular complexity index is 668. The molecular weight excluding hydrogens is 297 g/mol. The summed E-state index contributed by atoms with van der Waals surface area (Å²) in [5, 5.41) is 0. The molecule has 10 heteroatoms. The third-order valence-corrected chi connectivity index (χ3v) is 3.58. The van der Waals surface area contributed by atoms with Gasteiger partial charge in [-0.05, 0) is 5.92 Å². The highest BCUT2D eigenvalue weighted by molar-refractivity contribution is 7.51. The predicted octanol–water partition coefficient (Wildman–Crippen LogP) is 0.757. The molecule has 2 aromatic heterocycles. The third-order valence-electron chi connectivity index (χ3n) is 3.06. The van der Waals surface area contributed by atoms with Gasteiger partial charge >= 0.3 is 7.60 Å². The summed E-state index contributed by atoms with van der Waals surface area (Å²) in [6, 6.07) is -0.171. The van der Waals surface area contributed by atoms with Gasteiger partial charge in [0.1, 0.15) is 18.2 Å². The quantitative estimate of drug-likeness (QED) is 0.664. The molecule has 0 unspecified atom stereocenters. The number of ether oxygens (including phenoxy) is 1. The molecule has 0 aliphatic heterocycles. The first-order valence-electron chi connectivity index (χ1n) is 6.35. The van der Waals surface area contributed by atoms with Gasteiger partial charge in [0.25, 0.3) is 0 Å². The summed E-state index contributed by atoms with van der Waals surface area (Å²) in [5.41, 5.74) is 6.81. The Morgan fingerprint density at radius 2 is 2.10 bits per heavy atom. The highest BCUT2D eigenvalue weighted by Crippen LogP contribution is 2.34. The van der Waals surface area contributed by atoms with Crippen molar-refractivity contribution < 1.29 is 19.1 Å². The standard InChI is InChI=1S/C11H18N5O4P/c1-7(2)8(3-20-6-21(17,18)19)16-5-15-9-10(12)13-4-14-11(9)16/h4-5,7-8H,3,6H2,1-2H3,(H2,12,13,14)(H2,17,18,19)/t8-/m0/s1. The molecule has 0 saturated carbocycles. The van der Waals surface area contributed by atoms with Crippen LogP contribution in [0.15, 0.2) is 12.7 Å². The summed E-state index contributed by atoms with van der Waals surface area (Å²) in [6.45, 7) is 4.09. The van der Waals surface area contributed by atoms with Gasteiger partial charge in [-0.2, -0.15) is 0 Å². The van der Waals surface area contributed by atoms with E-state index >= 15 is 0 Å². The van der Waals surface area contributed by atoms with E-state index in [1.807, 2.05) is 13.8 Å². The molecule has 0 aromatic carbocycles. The molecule has 0 aliphatic carbocycles. The molecule has 0 spiro atoms. The Kier molecular flexibility index (Phi) is 4.58. The average molecular weight is 315 g/mol. The van der Waals surface area contributed by atoms with Gasteiger partial charge < -0.3 is 24.8 Å². The third kappa shape index (κ3) is 3.76. The lowest BCUT2D eigenvalue weighted by atomic mass is 10.1. The van der Waals surface area contributed by atoms with Crippen molar-refractivity contribution in [3.05, 3.63) is 12.7 Å². The van der Waals surface area contributed by atoms with Crippen molar-refractivity contribution in [3.8, 4) is 0 Å². The van der Waals surface area contributed by atoms with Gasteiger partial charge in [0.15, 0.2) is 11.5 Å². The van der Waals surface area contributed by atoms with Gasteiger partial charge in [-0.1, -0.05) is 13.8 Å². The van der Waals surface area contributed by atoms with Crippen LogP contribution in [0.2, 0.25) is 0 Å². The molecule has 2 heterocycles. The van der Waals surface area contributed by atoms with Crippen LogP contribution in [-0.4, -0.2) is 42.3 Å². The lowest BCUT2D eigenvalue weighted by molar-refractivity contribution is 0.108. The molecule has 0 amide bonds. The fourth-order valence-electron chi connectivity index (χ4n) is 2.00. The Labute approximate surface area is 121 Å². The molecule has 116 valence electrons. The number of anilines is 1. The number of nitrogens with two attached hydrogens (primary N) is 1. The van der Waals surface area contributed by atoms with Gasteiger partial charge in [0.2, 0.25) is 0 Å². The molecule has 9 nitrogen and oxygen atoms in total. The highest BCUT2D eigenvalue weighted by atomic mass is 31.2. The molecule has 0 aliphatic rings. The van der Waals surface area contributed by atoms with Crippen molar-refractivity contribution in [2.75, 3.05) is 18.7 Å². The fraction of sp³-hybridized carbons (Fsp3) is 0.545. The van der Waals surface area contributed by atoms with Crippen molar-refractivity contribution in [3.63, 3.8) is 0 Å². The zero-order chi connectivity index (χ0) is 15.6. The zero-order valence-electron chi connectivity index (χ0n) is 11.7. The van der Waals surface area contributed by atoms with Gasteiger partial charge in [0, 0.05) is 0 Å². The Balaban J connectivity index is 2.25. The van der Waals surface area contributed by atoms with Crippen LogP contribution >= 0.6 is 7.60 Å². The topological polar surface area (TPSA) is 136 Å². The fourth-order valence-corrected chi connectivity index (χ4v) is 2.34. The van der Waals surface area contributed by atoms with Gasteiger partial charge in [0.05, 0.1) is 19.0 Å². The molecular formula is C11H18N5O4P. The number of rotatable bonds is 6. The van der Waals surface area contributed by atoms with E-state index in [9.17, 15) is 4.57 Å². The maximum atomic E-state index is 10.8. The van der Waals surface area contributed by atoms with E-state index in [0.29, 0.717) is 11.2 Å². The van der Waals surface area contributed by atoms with Gasteiger partial charge in [-0.25, -0.2) is 15.0 Å². The van der Waals surface area contributed by atoms with Crippen molar-refractivity contribution in [2.45, 2.75) is 19.9 Å². The zero-order valence-corrected chi connectivity index (χ0v) is 12.6. The second kappa shape index (κ2) is 6.07. The van der Waals surface area contributed by atoms with Crippen molar-refractivity contribution in [1.29, 1.82) is 0 Å². The van der Waals surface area contributed by atoms with Gasteiger partial charge in [-0.15, -0.1) is 0 Å². The van der Waals surface area contributed by atoms with Gasteiger partial charge in [-0.3, -0.25) is 4.57 Å². The SMILES string of the molecule is CC(C)[C@H](COCP(=O)(O)O)n1cnc2c(N)ncnc21. The van der Waals surface area contributed by atoms with Crippen LogP contribution in [0, 0.1) is 5.92 Å². The normalized spacial score (nSPS) is 14.0. The summed E-state index contributed by atoms with van der Waals surface area (Å²) in [5.74, 6) is 0.438. The summed E-state index contributed by atoms with van der Waals surface area (Å²) in [6.07, 6.45) is 2.32. The average Bonchev–Trinajstić information content (AvgIpc) is 2.78. The highest BCUT2D eigenvalue weighted by Gasteiger charge is 2.22. The first-order chi connectivity index (χ1) is 9.79. The van der Waals surface area contributed by atoms with Crippen molar-refractivity contribution in [2.24, 2.45) is 5.92 Å². The number of hydrogen-bond donors (Lipinski definition) is 3. The van der Waals surface area contributed by atoms with E-state index in [0.717, 1.165) is 0 Å². The summed E-state index contributed by atoms with van der Waals surface area (Å²) < 4.78 is 17.8. The predicted molar refractivity (Wildman–Crippen MR) is 76.5 cm³/mol. The lowest BCUT2D eigenvalue weighted by Crippen LogP contribution is -2.21. The molecule has 0 bridgehead atoms. The number of aromatic nitrogens is 4. The largest absolute Gasteiger partial charge is 0.382 e. The molecule has 0 radical (unpaired) electrons. The molecule has 2 rings (SSSR count). The number of imidazole rings is 1.